The Morgan fingerprint density at radius 3 is 2.83 bits per heavy atom. The molecule has 0 N–H and O–H groups in total. The zero-order valence-corrected chi connectivity index (χ0v) is 7.12. The molecule has 2 heterocycles. The third kappa shape index (κ3) is 1.43. The van der Waals surface area contributed by atoms with E-state index in [0.717, 1.165) is 5.56 Å². The molecule has 1 aliphatic heterocycles. The Bertz CT molecular complexity index is 274. The Balaban J connectivity index is 2.26. The van der Waals surface area contributed by atoms with Crippen molar-refractivity contribution in [3.63, 3.8) is 0 Å². The molecule has 0 spiro atoms. The van der Waals surface area contributed by atoms with Gasteiger partial charge in [0.2, 0.25) is 0 Å². The molecule has 2 rings (SSSR count). The quantitative estimate of drug-likeness (QED) is 0.625. The maximum Gasteiger partial charge on any atom is 0.186 e. The SMILES string of the molecule is Clc1ncccc1C1OCCO1. The molecular weight excluding hydrogens is 178 g/mol. The number of nitrogens with zero attached hydrogens (tertiary/aromatic N) is 1. The van der Waals surface area contributed by atoms with Crippen LogP contribution in [-0.2, 0) is 9.47 Å². The predicted octanol–water partition coefficient (Wildman–Crippen LogP) is 1.78. The highest BCUT2D eigenvalue weighted by Gasteiger charge is 2.20. The van der Waals surface area contributed by atoms with E-state index in [0.29, 0.717) is 18.4 Å². The van der Waals surface area contributed by atoms with Gasteiger partial charge in [0.15, 0.2) is 6.29 Å². The lowest BCUT2D eigenvalue weighted by molar-refractivity contribution is -0.0442. The third-order valence-corrected chi connectivity index (χ3v) is 1.98. The van der Waals surface area contributed by atoms with E-state index in [2.05, 4.69) is 4.98 Å². The molecule has 1 saturated heterocycles. The smallest absolute Gasteiger partial charge is 0.186 e. The van der Waals surface area contributed by atoms with E-state index in [1.807, 2.05) is 12.1 Å². The van der Waals surface area contributed by atoms with E-state index in [-0.39, 0.29) is 6.29 Å². The largest absolute Gasteiger partial charge is 0.346 e. The van der Waals surface area contributed by atoms with Crippen LogP contribution in [0.5, 0.6) is 0 Å². The molecule has 0 atom stereocenters. The molecule has 0 unspecified atom stereocenters. The van der Waals surface area contributed by atoms with Gasteiger partial charge in [-0.05, 0) is 12.1 Å². The van der Waals surface area contributed by atoms with Crippen molar-refractivity contribution >= 4 is 11.6 Å². The zero-order valence-electron chi connectivity index (χ0n) is 6.37. The molecule has 0 radical (unpaired) electrons. The first kappa shape index (κ1) is 7.98. The zero-order chi connectivity index (χ0) is 8.39. The van der Waals surface area contributed by atoms with Crippen LogP contribution in [0.3, 0.4) is 0 Å². The van der Waals surface area contributed by atoms with Crippen molar-refractivity contribution in [1.82, 2.24) is 4.98 Å². The van der Waals surface area contributed by atoms with Gasteiger partial charge in [-0.2, -0.15) is 0 Å². The van der Waals surface area contributed by atoms with Crippen LogP contribution in [0.2, 0.25) is 5.15 Å². The van der Waals surface area contributed by atoms with Crippen molar-refractivity contribution in [3.8, 4) is 0 Å². The lowest BCUT2D eigenvalue weighted by Gasteiger charge is -2.09. The predicted molar refractivity (Wildman–Crippen MR) is 43.9 cm³/mol. The fourth-order valence-corrected chi connectivity index (χ4v) is 1.32. The number of aromatic nitrogens is 1. The van der Waals surface area contributed by atoms with Gasteiger partial charge in [0.25, 0.3) is 0 Å². The van der Waals surface area contributed by atoms with E-state index in [4.69, 9.17) is 21.1 Å². The summed E-state index contributed by atoms with van der Waals surface area (Å²) in [6.45, 7) is 1.24. The van der Waals surface area contributed by atoms with Gasteiger partial charge in [-0.3, -0.25) is 0 Å². The number of hydrogen-bond acceptors (Lipinski definition) is 3. The molecule has 0 aromatic carbocycles. The van der Waals surface area contributed by atoms with E-state index in [1.54, 1.807) is 6.20 Å². The maximum absolute atomic E-state index is 5.83. The van der Waals surface area contributed by atoms with Crippen LogP contribution >= 0.6 is 11.6 Å². The molecule has 0 saturated carbocycles. The average Bonchev–Trinajstić information content (AvgIpc) is 2.57. The standard InChI is InChI=1S/C8H8ClNO2/c9-7-6(2-1-3-10-7)8-11-4-5-12-8/h1-3,8H,4-5H2. The number of ether oxygens (including phenoxy) is 2. The van der Waals surface area contributed by atoms with Crippen molar-refractivity contribution in [3.05, 3.63) is 29.0 Å². The minimum atomic E-state index is -0.328. The van der Waals surface area contributed by atoms with Crippen LogP contribution < -0.4 is 0 Å². The van der Waals surface area contributed by atoms with Crippen molar-refractivity contribution in [2.75, 3.05) is 13.2 Å². The summed E-state index contributed by atoms with van der Waals surface area (Å²) >= 11 is 5.83. The molecule has 1 fully saturated rings. The highest BCUT2D eigenvalue weighted by atomic mass is 35.5. The van der Waals surface area contributed by atoms with Gasteiger partial charge >= 0.3 is 0 Å². The molecule has 0 bridgehead atoms. The maximum atomic E-state index is 5.83. The fraction of sp³-hybridized carbons (Fsp3) is 0.375. The molecule has 1 aromatic rings. The minimum Gasteiger partial charge on any atom is -0.346 e. The summed E-state index contributed by atoms with van der Waals surface area (Å²) in [6, 6.07) is 3.66. The molecular formula is C8H8ClNO2. The second-order valence-corrected chi connectivity index (χ2v) is 2.81. The Morgan fingerprint density at radius 2 is 2.17 bits per heavy atom. The molecule has 0 aliphatic carbocycles. The molecule has 12 heavy (non-hydrogen) atoms. The summed E-state index contributed by atoms with van der Waals surface area (Å²) in [5.74, 6) is 0. The normalized spacial score (nSPS) is 18.4. The molecule has 1 aromatic heterocycles. The molecule has 3 nitrogen and oxygen atoms in total. The molecule has 1 aliphatic rings. The van der Waals surface area contributed by atoms with E-state index in [9.17, 15) is 0 Å². The summed E-state index contributed by atoms with van der Waals surface area (Å²) in [5, 5.41) is 0.449. The van der Waals surface area contributed by atoms with Crippen LogP contribution in [0, 0.1) is 0 Å². The van der Waals surface area contributed by atoms with Gasteiger partial charge in [0.05, 0.1) is 13.2 Å². The first-order valence-corrected chi connectivity index (χ1v) is 4.09. The molecule has 4 heteroatoms. The van der Waals surface area contributed by atoms with Crippen LogP contribution in [0.1, 0.15) is 11.9 Å². The van der Waals surface area contributed by atoms with Crippen molar-refractivity contribution in [1.29, 1.82) is 0 Å². The summed E-state index contributed by atoms with van der Waals surface area (Å²) in [7, 11) is 0. The monoisotopic (exact) mass is 185 g/mol. The van der Waals surface area contributed by atoms with Gasteiger partial charge in [0, 0.05) is 11.8 Å². The highest BCUT2D eigenvalue weighted by Crippen LogP contribution is 2.27. The van der Waals surface area contributed by atoms with Gasteiger partial charge in [0.1, 0.15) is 5.15 Å². The lowest BCUT2D eigenvalue weighted by Crippen LogP contribution is -1.99. The van der Waals surface area contributed by atoms with Crippen LogP contribution in [0.25, 0.3) is 0 Å². The number of halogens is 1. The summed E-state index contributed by atoms with van der Waals surface area (Å²) < 4.78 is 10.5. The summed E-state index contributed by atoms with van der Waals surface area (Å²) in [5.41, 5.74) is 0.802. The number of hydrogen-bond donors (Lipinski definition) is 0. The van der Waals surface area contributed by atoms with Crippen molar-refractivity contribution in [2.24, 2.45) is 0 Å². The van der Waals surface area contributed by atoms with Crippen LogP contribution in [-0.4, -0.2) is 18.2 Å². The van der Waals surface area contributed by atoms with Crippen molar-refractivity contribution in [2.45, 2.75) is 6.29 Å². The summed E-state index contributed by atoms with van der Waals surface area (Å²) in [4.78, 5) is 3.93. The molecule has 0 amide bonds. The number of pyridine rings is 1. The first-order chi connectivity index (χ1) is 5.88. The van der Waals surface area contributed by atoms with E-state index >= 15 is 0 Å². The Morgan fingerprint density at radius 1 is 1.42 bits per heavy atom. The van der Waals surface area contributed by atoms with Crippen LogP contribution in [0.15, 0.2) is 18.3 Å². The van der Waals surface area contributed by atoms with Crippen LogP contribution in [0.4, 0.5) is 0 Å². The second kappa shape index (κ2) is 3.39. The van der Waals surface area contributed by atoms with E-state index < -0.39 is 0 Å². The topological polar surface area (TPSA) is 31.4 Å². The Labute approximate surface area is 75.3 Å². The van der Waals surface area contributed by atoms with Gasteiger partial charge < -0.3 is 9.47 Å². The highest BCUT2D eigenvalue weighted by molar-refractivity contribution is 6.30. The third-order valence-electron chi connectivity index (χ3n) is 1.66. The van der Waals surface area contributed by atoms with Gasteiger partial charge in [-0.1, -0.05) is 11.6 Å². The average molecular weight is 186 g/mol. The van der Waals surface area contributed by atoms with Crippen molar-refractivity contribution < 1.29 is 9.47 Å². The second-order valence-electron chi connectivity index (χ2n) is 2.46. The van der Waals surface area contributed by atoms with Gasteiger partial charge in [-0.15, -0.1) is 0 Å². The number of rotatable bonds is 1. The molecule has 64 valence electrons. The first-order valence-electron chi connectivity index (χ1n) is 3.71. The summed E-state index contributed by atoms with van der Waals surface area (Å²) in [6.07, 6.45) is 1.31. The van der Waals surface area contributed by atoms with E-state index in [1.165, 1.54) is 0 Å². The Kier molecular flexibility index (Phi) is 2.26. The fourth-order valence-electron chi connectivity index (χ4n) is 1.11. The van der Waals surface area contributed by atoms with Gasteiger partial charge in [-0.25, -0.2) is 4.98 Å². The minimum absolute atomic E-state index is 0.328. The lowest BCUT2D eigenvalue weighted by atomic mass is 10.3. The Hall–Kier alpha value is -0.640.